The van der Waals surface area contributed by atoms with Gasteiger partial charge in [0.15, 0.2) is 0 Å². The molecule has 2 heterocycles. The molecule has 84 valence electrons. The Balaban J connectivity index is 2.34. The Hall–Kier alpha value is -2.11. The average molecular weight is 219 g/mol. The quantitative estimate of drug-likeness (QED) is 0.793. The maximum atomic E-state index is 11.7. The smallest absolute Gasteiger partial charge is 0.274 e. The van der Waals surface area contributed by atoms with Gasteiger partial charge >= 0.3 is 0 Å². The van der Waals surface area contributed by atoms with Crippen LogP contribution in [0.4, 0.5) is 5.69 Å². The summed E-state index contributed by atoms with van der Waals surface area (Å²) in [4.78, 5) is 15.8. The van der Waals surface area contributed by atoms with Gasteiger partial charge in [0.25, 0.3) is 5.56 Å². The van der Waals surface area contributed by atoms with Crippen molar-refractivity contribution >= 4 is 5.69 Å². The van der Waals surface area contributed by atoms with E-state index in [0.717, 1.165) is 12.4 Å². The summed E-state index contributed by atoms with van der Waals surface area (Å²) >= 11 is 0. The van der Waals surface area contributed by atoms with Gasteiger partial charge in [0.05, 0.1) is 12.2 Å². The van der Waals surface area contributed by atoms with E-state index in [0.29, 0.717) is 6.54 Å². The summed E-state index contributed by atoms with van der Waals surface area (Å²) < 4.78 is 3.27. The molecule has 0 unspecified atom stereocenters. The van der Waals surface area contributed by atoms with Gasteiger partial charge in [-0.05, 0) is 19.1 Å². The molecule has 16 heavy (non-hydrogen) atoms. The summed E-state index contributed by atoms with van der Waals surface area (Å²) in [5.74, 6) is 0.746. The van der Waals surface area contributed by atoms with E-state index in [1.807, 2.05) is 6.92 Å². The number of hydrogen-bond donors (Lipinski definition) is 1. The molecule has 0 aromatic carbocycles. The van der Waals surface area contributed by atoms with Gasteiger partial charge in [-0.25, -0.2) is 9.67 Å². The Morgan fingerprint density at radius 2 is 2.31 bits per heavy atom. The van der Waals surface area contributed by atoms with Crippen LogP contribution in [0.1, 0.15) is 12.7 Å². The van der Waals surface area contributed by atoms with Gasteiger partial charge in [-0.1, -0.05) is 0 Å². The fourth-order valence-corrected chi connectivity index (χ4v) is 1.51. The van der Waals surface area contributed by atoms with E-state index < -0.39 is 0 Å². The average Bonchev–Trinajstić information content (AvgIpc) is 2.72. The predicted octanol–water partition coefficient (Wildman–Crippen LogP) is 0.0902. The van der Waals surface area contributed by atoms with Gasteiger partial charge in [-0.3, -0.25) is 4.79 Å². The molecule has 0 amide bonds. The molecule has 0 aliphatic carbocycles. The zero-order valence-corrected chi connectivity index (χ0v) is 9.00. The molecule has 0 fully saturated rings. The number of nitrogen functional groups attached to an aromatic ring is 1. The van der Waals surface area contributed by atoms with E-state index in [4.69, 9.17) is 5.73 Å². The summed E-state index contributed by atoms with van der Waals surface area (Å²) in [6.45, 7) is 3.09. The number of rotatable bonds is 3. The number of aromatic nitrogens is 4. The van der Waals surface area contributed by atoms with Crippen LogP contribution in [0.2, 0.25) is 0 Å². The molecule has 0 spiro atoms. The molecular weight excluding hydrogens is 206 g/mol. The topological polar surface area (TPSA) is 78.7 Å². The molecule has 2 aromatic rings. The largest absolute Gasteiger partial charge is 0.394 e. The molecular formula is C10H13N5O. The predicted molar refractivity (Wildman–Crippen MR) is 59.9 cm³/mol. The molecule has 0 saturated heterocycles. The summed E-state index contributed by atoms with van der Waals surface area (Å²) in [5.41, 5.74) is 5.58. The molecule has 0 aliphatic rings. The molecule has 6 heteroatoms. The molecule has 0 bridgehead atoms. The Labute approximate surface area is 92.3 Å². The highest BCUT2D eigenvalue weighted by Crippen LogP contribution is 1.98. The maximum Gasteiger partial charge on any atom is 0.274 e. The Morgan fingerprint density at radius 3 is 3.06 bits per heavy atom. The van der Waals surface area contributed by atoms with Crippen molar-refractivity contribution in [1.82, 2.24) is 19.3 Å². The van der Waals surface area contributed by atoms with Crippen LogP contribution in [0.5, 0.6) is 0 Å². The summed E-state index contributed by atoms with van der Waals surface area (Å²) in [6, 6.07) is 3.33. The van der Waals surface area contributed by atoms with E-state index in [9.17, 15) is 4.79 Å². The first-order chi connectivity index (χ1) is 7.72. The van der Waals surface area contributed by atoms with Crippen LogP contribution in [0.15, 0.2) is 29.5 Å². The van der Waals surface area contributed by atoms with Crippen LogP contribution in [-0.4, -0.2) is 19.3 Å². The van der Waals surface area contributed by atoms with E-state index in [1.54, 1.807) is 23.0 Å². The van der Waals surface area contributed by atoms with Gasteiger partial charge in [0.1, 0.15) is 12.2 Å². The number of anilines is 1. The Morgan fingerprint density at radius 1 is 1.50 bits per heavy atom. The highest BCUT2D eigenvalue weighted by molar-refractivity contribution is 5.33. The van der Waals surface area contributed by atoms with Crippen LogP contribution in [-0.2, 0) is 13.1 Å². The lowest BCUT2D eigenvalue weighted by Gasteiger charge is -2.06. The number of pyridine rings is 1. The van der Waals surface area contributed by atoms with Crippen molar-refractivity contribution in [2.24, 2.45) is 0 Å². The van der Waals surface area contributed by atoms with E-state index in [2.05, 4.69) is 10.1 Å². The molecule has 0 radical (unpaired) electrons. The monoisotopic (exact) mass is 219 g/mol. The molecule has 2 aromatic heterocycles. The van der Waals surface area contributed by atoms with E-state index in [1.165, 1.54) is 10.9 Å². The van der Waals surface area contributed by atoms with Crippen LogP contribution in [0, 0.1) is 0 Å². The first-order valence-electron chi connectivity index (χ1n) is 5.04. The minimum Gasteiger partial charge on any atom is -0.394 e. The minimum absolute atomic E-state index is 0.201. The third-order valence-electron chi connectivity index (χ3n) is 2.36. The normalized spacial score (nSPS) is 10.6. The molecule has 0 atom stereocenters. The zero-order valence-electron chi connectivity index (χ0n) is 9.00. The van der Waals surface area contributed by atoms with Gasteiger partial charge in [-0.2, -0.15) is 5.10 Å². The number of hydrogen-bond acceptors (Lipinski definition) is 4. The molecule has 2 N–H and O–H groups in total. The standard InChI is InChI=1S/C10H13N5O/c1-2-15-9(12-7-13-15)6-14-5-3-4-8(11)10(14)16/h3-5,7H,2,6,11H2,1H3. The van der Waals surface area contributed by atoms with Gasteiger partial charge in [-0.15, -0.1) is 0 Å². The van der Waals surface area contributed by atoms with Crippen molar-refractivity contribution in [3.63, 3.8) is 0 Å². The van der Waals surface area contributed by atoms with Crippen LogP contribution in [0.3, 0.4) is 0 Å². The fraction of sp³-hybridized carbons (Fsp3) is 0.300. The highest BCUT2D eigenvalue weighted by atomic mass is 16.1. The van der Waals surface area contributed by atoms with Gasteiger partial charge in [0.2, 0.25) is 0 Å². The second kappa shape index (κ2) is 4.18. The van der Waals surface area contributed by atoms with Gasteiger partial charge < -0.3 is 10.3 Å². The second-order valence-electron chi connectivity index (χ2n) is 3.39. The van der Waals surface area contributed by atoms with E-state index >= 15 is 0 Å². The second-order valence-corrected chi connectivity index (χ2v) is 3.39. The Kier molecular flexibility index (Phi) is 2.72. The first-order valence-corrected chi connectivity index (χ1v) is 5.04. The molecule has 0 saturated carbocycles. The van der Waals surface area contributed by atoms with Crippen molar-refractivity contribution in [2.75, 3.05) is 5.73 Å². The summed E-state index contributed by atoms with van der Waals surface area (Å²) in [7, 11) is 0. The van der Waals surface area contributed by atoms with Crippen molar-refractivity contribution in [3.05, 3.63) is 40.8 Å². The van der Waals surface area contributed by atoms with Crippen LogP contribution >= 0.6 is 0 Å². The lowest BCUT2D eigenvalue weighted by atomic mass is 10.4. The van der Waals surface area contributed by atoms with Crippen LogP contribution in [0.25, 0.3) is 0 Å². The maximum absolute atomic E-state index is 11.7. The lowest BCUT2D eigenvalue weighted by molar-refractivity contribution is 0.586. The van der Waals surface area contributed by atoms with Crippen molar-refractivity contribution in [2.45, 2.75) is 20.0 Å². The third-order valence-corrected chi connectivity index (χ3v) is 2.36. The molecule has 6 nitrogen and oxygen atoms in total. The SMILES string of the molecule is CCn1ncnc1Cn1cccc(N)c1=O. The molecule has 2 rings (SSSR count). The van der Waals surface area contributed by atoms with Gasteiger partial charge in [0, 0.05) is 12.7 Å². The van der Waals surface area contributed by atoms with Crippen molar-refractivity contribution in [3.8, 4) is 0 Å². The molecule has 0 aliphatic heterocycles. The first kappa shape index (κ1) is 10.4. The minimum atomic E-state index is -0.201. The Bertz CT molecular complexity index is 542. The van der Waals surface area contributed by atoms with E-state index in [-0.39, 0.29) is 11.2 Å². The van der Waals surface area contributed by atoms with Crippen molar-refractivity contribution in [1.29, 1.82) is 0 Å². The third kappa shape index (κ3) is 1.81. The number of aryl methyl sites for hydroxylation is 1. The summed E-state index contributed by atoms with van der Waals surface area (Å²) in [5, 5.41) is 4.04. The zero-order chi connectivity index (χ0) is 11.5. The fourth-order valence-electron chi connectivity index (χ4n) is 1.51. The van der Waals surface area contributed by atoms with Crippen LogP contribution < -0.4 is 11.3 Å². The summed E-state index contributed by atoms with van der Waals surface area (Å²) in [6.07, 6.45) is 3.17. The lowest BCUT2D eigenvalue weighted by Crippen LogP contribution is -2.24. The number of nitrogens with zero attached hydrogens (tertiary/aromatic N) is 4. The number of nitrogens with two attached hydrogens (primary N) is 1. The highest BCUT2D eigenvalue weighted by Gasteiger charge is 2.05. The van der Waals surface area contributed by atoms with Crippen molar-refractivity contribution < 1.29 is 0 Å².